The third kappa shape index (κ3) is 58.4. The van der Waals surface area contributed by atoms with Crippen molar-refractivity contribution in [1.29, 1.82) is 0 Å². The van der Waals surface area contributed by atoms with E-state index in [1.54, 1.807) is 0 Å². The molecule has 0 saturated heterocycles. The summed E-state index contributed by atoms with van der Waals surface area (Å²) in [5.41, 5.74) is 0. The summed E-state index contributed by atoms with van der Waals surface area (Å²) in [5, 5.41) is 0. The molecule has 6 heteroatoms. The van der Waals surface area contributed by atoms with Crippen molar-refractivity contribution in [3.05, 3.63) is 36.5 Å². The lowest BCUT2D eigenvalue weighted by atomic mass is 10.0. The molecule has 0 radical (unpaired) electrons. The molecule has 0 aliphatic carbocycles. The maximum Gasteiger partial charge on any atom is 0.306 e. The summed E-state index contributed by atoms with van der Waals surface area (Å²) in [7, 11) is 0. The topological polar surface area (TPSA) is 78.9 Å². The van der Waals surface area contributed by atoms with Gasteiger partial charge in [-0.2, -0.15) is 0 Å². The molecule has 0 aliphatic heterocycles. The van der Waals surface area contributed by atoms with Crippen molar-refractivity contribution in [2.24, 2.45) is 0 Å². The molecule has 0 heterocycles. The number of ether oxygens (including phenoxy) is 3. The Morgan fingerprint density at radius 2 is 0.507 bits per heavy atom. The van der Waals surface area contributed by atoms with E-state index in [-0.39, 0.29) is 31.1 Å². The second kappa shape index (κ2) is 60.2. The predicted molar refractivity (Wildman–Crippen MR) is 307 cm³/mol. The van der Waals surface area contributed by atoms with E-state index in [4.69, 9.17) is 14.2 Å². The molecule has 0 N–H and O–H groups in total. The Hall–Kier alpha value is -2.37. The van der Waals surface area contributed by atoms with Gasteiger partial charge in [0.25, 0.3) is 0 Å². The van der Waals surface area contributed by atoms with Crippen LogP contribution in [0.1, 0.15) is 342 Å². The van der Waals surface area contributed by atoms with Gasteiger partial charge in [-0.15, -0.1) is 0 Å². The van der Waals surface area contributed by atoms with Gasteiger partial charge in [0, 0.05) is 19.3 Å². The zero-order chi connectivity index (χ0) is 51.4. The number of rotatable bonds is 58. The van der Waals surface area contributed by atoms with Crippen LogP contribution in [0.3, 0.4) is 0 Å². The fourth-order valence-electron chi connectivity index (χ4n) is 9.39. The van der Waals surface area contributed by atoms with Crippen LogP contribution in [-0.2, 0) is 28.6 Å². The highest BCUT2D eigenvalue weighted by molar-refractivity contribution is 5.71. The molecule has 1 atom stereocenters. The van der Waals surface area contributed by atoms with Crippen LogP contribution in [0.15, 0.2) is 36.5 Å². The average Bonchev–Trinajstić information content (AvgIpc) is 3.37. The van der Waals surface area contributed by atoms with Gasteiger partial charge in [-0.05, 0) is 57.8 Å². The third-order valence-electron chi connectivity index (χ3n) is 14.1. The Morgan fingerprint density at radius 3 is 0.789 bits per heavy atom. The highest BCUT2D eigenvalue weighted by atomic mass is 16.6. The molecule has 0 bridgehead atoms. The van der Waals surface area contributed by atoms with E-state index < -0.39 is 6.10 Å². The fraction of sp³-hybridized carbons (Fsp3) is 0.862. The number of hydrogen-bond donors (Lipinski definition) is 0. The van der Waals surface area contributed by atoms with Crippen molar-refractivity contribution in [2.45, 2.75) is 348 Å². The predicted octanol–water partition coefficient (Wildman–Crippen LogP) is 21.2. The molecular weight excluding hydrogens is 877 g/mol. The second-order valence-corrected chi connectivity index (χ2v) is 21.3. The van der Waals surface area contributed by atoms with Crippen molar-refractivity contribution in [3.8, 4) is 0 Å². The number of carbonyl (C=O) groups is 3. The van der Waals surface area contributed by atoms with Crippen molar-refractivity contribution in [3.63, 3.8) is 0 Å². The highest BCUT2D eigenvalue weighted by Gasteiger charge is 2.19. The summed E-state index contributed by atoms with van der Waals surface area (Å²) < 4.78 is 16.9. The van der Waals surface area contributed by atoms with Crippen molar-refractivity contribution >= 4 is 17.9 Å². The van der Waals surface area contributed by atoms with E-state index >= 15 is 0 Å². The largest absolute Gasteiger partial charge is 0.462 e. The third-order valence-corrected chi connectivity index (χ3v) is 14.1. The van der Waals surface area contributed by atoms with Gasteiger partial charge in [-0.1, -0.05) is 301 Å². The lowest BCUT2D eigenvalue weighted by Gasteiger charge is -2.18. The monoisotopic (exact) mass is 997 g/mol. The maximum absolute atomic E-state index is 12.9. The molecule has 0 aliphatic rings. The van der Waals surface area contributed by atoms with E-state index in [0.717, 1.165) is 70.6 Å². The zero-order valence-electron chi connectivity index (χ0n) is 47.8. The Balaban J connectivity index is 4.15. The van der Waals surface area contributed by atoms with E-state index in [1.165, 1.54) is 231 Å². The average molecular weight is 998 g/mol. The molecule has 6 nitrogen and oxygen atoms in total. The molecule has 0 spiro atoms. The van der Waals surface area contributed by atoms with Crippen LogP contribution in [0.5, 0.6) is 0 Å². The molecule has 0 rings (SSSR count). The van der Waals surface area contributed by atoms with Crippen LogP contribution in [-0.4, -0.2) is 37.2 Å². The van der Waals surface area contributed by atoms with Crippen molar-refractivity contribution in [1.82, 2.24) is 0 Å². The first-order valence-corrected chi connectivity index (χ1v) is 31.5. The summed E-state index contributed by atoms with van der Waals surface area (Å²) in [6.45, 7) is 6.66. The minimum Gasteiger partial charge on any atom is -0.462 e. The number of unbranched alkanes of at least 4 members (excludes halogenated alkanes) is 41. The number of allylic oxidation sites excluding steroid dienone is 6. The standard InChI is InChI=1S/C65H120O6/c1-4-7-10-13-16-19-21-23-25-27-28-29-30-31-32-33-34-35-36-38-39-41-43-46-49-52-55-58-64(67)70-61-62(60-69-63(66)57-54-51-48-45-18-15-12-9-6-3)71-65(68)59-56-53-50-47-44-42-40-37-26-24-22-20-17-14-11-8-5-2/h21,23,27-28,30-31,62H,4-20,22,24-26,29,32-61H2,1-3H3/b23-21-,28-27-,31-30-. The molecule has 0 saturated carbocycles. The van der Waals surface area contributed by atoms with Gasteiger partial charge in [0.1, 0.15) is 13.2 Å². The second-order valence-electron chi connectivity index (χ2n) is 21.3. The van der Waals surface area contributed by atoms with Crippen molar-refractivity contribution in [2.75, 3.05) is 13.2 Å². The van der Waals surface area contributed by atoms with Gasteiger partial charge in [0.15, 0.2) is 6.10 Å². The minimum atomic E-state index is -0.767. The Kier molecular flexibility index (Phi) is 58.2. The number of hydrogen-bond acceptors (Lipinski definition) is 6. The maximum atomic E-state index is 12.9. The van der Waals surface area contributed by atoms with Crippen LogP contribution in [0, 0.1) is 0 Å². The van der Waals surface area contributed by atoms with Gasteiger partial charge in [0.05, 0.1) is 0 Å². The molecule has 0 amide bonds. The summed E-state index contributed by atoms with van der Waals surface area (Å²) in [6.07, 6.45) is 73.0. The Labute approximate surface area is 442 Å². The zero-order valence-corrected chi connectivity index (χ0v) is 47.8. The fourth-order valence-corrected chi connectivity index (χ4v) is 9.39. The van der Waals surface area contributed by atoms with Crippen LogP contribution in [0.2, 0.25) is 0 Å². The Morgan fingerprint density at radius 1 is 0.282 bits per heavy atom. The quantitative estimate of drug-likeness (QED) is 0.0261. The van der Waals surface area contributed by atoms with Crippen LogP contribution < -0.4 is 0 Å². The van der Waals surface area contributed by atoms with Crippen LogP contribution in [0.25, 0.3) is 0 Å². The van der Waals surface area contributed by atoms with Gasteiger partial charge >= 0.3 is 17.9 Å². The molecule has 0 aromatic heterocycles. The summed E-state index contributed by atoms with van der Waals surface area (Å²) >= 11 is 0. The molecule has 71 heavy (non-hydrogen) atoms. The Bertz CT molecular complexity index is 1190. The molecule has 416 valence electrons. The van der Waals surface area contributed by atoms with Gasteiger partial charge in [-0.25, -0.2) is 0 Å². The van der Waals surface area contributed by atoms with Gasteiger partial charge in [0.2, 0.25) is 0 Å². The first kappa shape index (κ1) is 68.6. The van der Waals surface area contributed by atoms with Crippen LogP contribution >= 0.6 is 0 Å². The summed E-state index contributed by atoms with van der Waals surface area (Å²) in [5.74, 6) is -0.850. The molecular formula is C65H120O6. The number of carbonyl (C=O) groups excluding carboxylic acids is 3. The smallest absolute Gasteiger partial charge is 0.306 e. The van der Waals surface area contributed by atoms with Gasteiger partial charge in [-0.3, -0.25) is 14.4 Å². The lowest BCUT2D eigenvalue weighted by molar-refractivity contribution is -0.167. The summed E-state index contributed by atoms with van der Waals surface area (Å²) in [6, 6.07) is 0. The first-order chi connectivity index (χ1) is 35.0. The van der Waals surface area contributed by atoms with Gasteiger partial charge < -0.3 is 14.2 Å². The molecule has 0 aromatic rings. The van der Waals surface area contributed by atoms with E-state index in [2.05, 4.69) is 57.2 Å². The first-order valence-electron chi connectivity index (χ1n) is 31.5. The minimum absolute atomic E-state index is 0.0672. The summed E-state index contributed by atoms with van der Waals surface area (Å²) in [4.78, 5) is 38.1. The number of esters is 3. The highest BCUT2D eigenvalue weighted by Crippen LogP contribution is 2.17. The van der Waals surface area contributed by atoms with E-state index in [1.807, 2.05) is 0 Å². The normalized spacial score (nSPS) is 12.2. The van der Waals surface area contributed by atoms with Crippen molar-refractivity contribution < 1.29 is 28.6 Å². The van der Waals surface area contributed by atoms with E-state index in [0.29, 0.717) is 19.3 Å². The van der Waals surface area contributed by atoms with Crippen LogP contribution in [0.4, 0.5) is 0 Å². The SMILES string of the molecule is CCCCCCC/C=C\C/C=C\C/C=C\CCCCCCCCCCCCCCC(=O)OCC(COC(=O)CCCCCCCCCCC)OC(=O)CCCCCCCCCCCCCCCCCCC. The lowest BCUT2D eigenvalue weighted by Crippen LogP contribution is -2.30. The van der Waals surface area contributed by atoms with E-state index in [9.17, 15) is 14.4 Å². The molecule has 1 unspecified atom stereocenters. The molecule has 0 fully saturated rings. The molecule has 0 aromatic carbocycles.